The molecule has 224 valence electrons. The molecule has 2 fully saturated rings. The molecule has 0 amide bonds. The highest BCUT2D eigenvalue weighted by atomic mass is 32.3. The second-order valence-electron chi connectivity index (χ2n) is 10.9. The number of benzene rings is 2. The number of hydrogen-bond donors (Lipinski definition) is 0. The van der Waals surface area contributed by atoms with Gasteiger partial charge in [0.2, 0.25) is 15.8 Å². The third-order valence-corrected chi connectivity index (χ3v) is 10.9. The fourth-order valence-corrected chi connectivity index (χ4v) is 7.59. The summed E-state index contributed by atoms with van der Waals surface area (Å²) in [5.41, 5.74) is -0.324. The Morgan fingerprint density at radius 2 is 1.69 bits per heavy atom. The molecule has 0 spiro atoms. The molecule has 1 saturated carbocycles. The lowest BCUT2D eigenvalue weighted by atomic mass is 10.2. The molecule has 0 atom stereocenters. The summed E-state index contributed by atoms with van der Waals surface area (Å²) in [6.07, 6.45) is 3.37. The molecule has 3 aliphatic rings. The Kier molecular flexibility index (Phi) is 7.79. The van der Waals surface area contributed by atoms with Gasteiger partial charge in [-0.15, -0.1) is 11.8 Å². The quantitative estimate of drug-likeness (QED) is 0.332. The average Bonchev–Trinajstić information content (AvgIpc) is 3.71. The van der Waals surface area contributed by atoms with Crippen molar-refractivity contribution in [3.8, 4) is 22.9 Å². The lowest BCUT2D eigenvalue weighted by Gasteiger charge is -2.35. The summed E-state index contributed by atoms with van der Waals surface area (Å²) >= 11 is 1.21. The van der Waals surface area contributed by atoms with E-state index in [1.165, 1.54) is 22.3 Å². The van der Waals surface area contributed by atoms with E-state index in [0.29, 0.717) is 50.1 Å². The van der Waals surface area contributed by atoms with Gasteiger partial charge in [-0.05, 0) is 43.2 Å². The Hall–Kier alpha value is -3.36. The van der Waals surface area contributed by atoms with Crippen LogP contribution in [0.4, 0.5) is 14.5 Å². The molecule has 14 heteroatoms. The maximum Gasteiger partial charge on any atom is 0.316 e. The van der Waals surface area contributed by atoms with Crippen LogP contribution in [0.5, 0.6) is 17.2 Å². The Morgan fingerprint density at radius 1 is 1.00 bits per heavy atom. The second-order valence-corrected chi connectivity index (χ2v) is 14.3. The van der Waals surface area contributed by atoms with Crippen molar-refractivity contribution in [2.45, 2.75) is 24.7 Å². The first-order valence-corrected chi connectivity index (χ1v) is 16.2. The van der Waals surface area contributed by atoms with Crippen molar-refractivity contribution in [2.75, 3.05) is 56.0 Å². The van der Waals surface area contributed by atoms with Crippen LogP contribution in [0.15, 0.2) is 52.3 Å². The number of halogens is 2. The lowest BCUT2D eigenvalue weighted by Crippen LogP contribution is -2.49. The van der Waals surface area contributed by atoms with Crippen LogP contribution < -0.4 is 24.7 Å². The third-order valence-electron chi connectivity index (χ3n) is 7.54. The zero-order valence-electron chi connectivity index (χ0n) is 22.9. The summed E-state index contributed by atoms with van der Waals surface area (Å²) in [4.78, 5) is 16.1. The second kappa shape index (κ2) is 11.4. The largest absolute Gasteiger partial charge is 0.486 e. The average molecular weight is 621 g/mol. The number of piperazine rings is 1. The number of hydrogen-bond acceptors (Lipinski definition) is 9. The van der Waals surface area contributed by atoms with Crippen molar-refractivity contribution in [3.05, 3.63) is 64.6 Å². The molecule has 42 heavy (non-hydrogen) atoms. The minimum absolute atomic E-state index is 0.0215. The number of ether oxygens (including phenoxy) is 3. The topological polar surface area (TPSA) is 103 Å². The number of fused-ring (bicyclic) bond motifs is 1. The summed E-state index contributed by atoms with van der Waals surface area (Å²) in [5, 5.41) is 4.05. The van der Waals surface area contributed by atoms with Gasteiger partial charge in [0.05, 0.1) is 18.5 Å². The zero-order chi connectivity index (χ0) is 29.5. The molecule has 3 aromatic rings. The van der Waals surface area contributed by atoms with Crippen LogP contribution in [0.3, 0.4) is 0 Å². The normalized spacial score (nSPS) is 18.1. The van der Waals surface area contributed by atoms with Crippen molar-refractivity contribution >= 4 is 27.5 Å². The summed E-state index contributed by atoms with van der Waals surface area (Å²) in [7, 11) is -3.59. The number of anilines is 1. The van der Waals surface area contributed by atoms with E-state index in [2.05, 4.69) is 12.0 Å². The first-order valence-electron chi connectivity index (χ1n) is 13.6. The highest BCUT2D eigenvalue weighted by molar-refractivity contribution is 8.11. The SMILES string of the molecule is CC1(COc2c(N3CCN(S(=O)(=O)CSc4ccc5c(c4)OCCO5)CC3)cnn(-c3cc(F)cc(F)c3)c2=O)CC1. The number of aromatic nitrogens is 2. The van der Waals surface area contributed by atoms with E-state index in [1.807, 2.05) is 11.0 Å². The van der Waals surface area contributed by atoms with Gasteiger partial charge >= 0.3 is 5.56 Å². The first-order chi connectivity index (χ1) is 20.1. The molecule has 0 bridgehead atoms. The van der Waals surface area contributed by atoms with Gasteiger partial charge < -0.3 is 19.1 Å². The van der Waals surface area contributed by atoms with Crippen LogP contribution >= 0.6 is 11.8 Å². The zero-order valence-corrected chi connectivity index (χ0v) is 24.6. The van der Waals surface area contributed by atoms with Gasteiger partial charge in [-0.1, -0.05) is 6.92 Å². The van der Waals surface area contributed by atoms with Gasteiger partial charge in [-0.3, -0.25) is 4.79 Å². The van der Waals surface area contributed by atoms with E-state index in [0.717, 1.165) is 40.6 Å². The highest BCUT2D eigenvalue weighted by Gasteiger charge is 2.39. The molecule has 1 aromatic heterocycles. The van der Waals surface area contributed by atoms with Gasteiger partial charge in [0, 0.05) is 42.6 Å². The summed E-state index contributed by atoms with van der Waals surface area (Å²) in [5.74, 6) is -0.401. The van der Waals surface area contributed by atoms with Crippen LogP contribution in [0, 0.1) is 17.0 Å². The van der Waals surface area contributed by atoms with E-state index in [9.17, 15) is 22.0 Å². The predicted octanol–water partition coefficient (Wildman–Crippen LogP) is 3.66. The molecule has 1 saturated heterocycles. The summed E-state index contributed by atoms with van der Waals surface area (Å²) in [6, 6.07) is 8.13. The van der Waals surface area contributed by atoms with E-state index in [4.69, 9.17) is 14.2 Å². The molecule has 3 heterocycles. The van der Waals surface area contributed by atoms with Gasteiger partial charge in [-0.25, -0.2) is 17.2 Å². The highest BCUT2D eigenvalue weighted by Crippen LogP contribution is 2.45. The van der Waals surface area contributed by atoms with E-state index in [1.54, 1.807) is 12.1 Å². The molecule has 1 aliphatic carbocycles. The van der Waals surface area contributed by atoms with Gasteiger partial charge in [-0.2, -0.15) is 14.1 Å². The Balaban J connectivity index is 1.16. The van der Waals surface area contributed by atoms with Crippen molar-refractivity contribution in [3.63, 3.8) is 0 Å². The summed E-state index contributed by atoms with van der Waals surface area (Å²) < 4.78 is 73.6. The summed E-state index contributed by atoms with van der Waals surface area (Å²) in [6.45, 7) is 4.32. The van der Waals surface area contributed by atoms with Gasteiger partial charge in [0.1, 0.15) is 35.6 Å². The van der Waals surface area contributed by atoms with E-state index < -0.39 is 27.2 Å². The maximum atomic E-state index is 13.9. The molecule has 2 aliphatic heterocycles. The van der Waals surface area contributed by atoms with Crippen molar-refractivity contribution in [2.24, 2.45) is 5.41 Å². The molecule has 2 aromatic carbocycles. The van der Waals surface area contributed by atoms with E-state index >= 15 is 0 Å². The Morgan fingerprint density at radius 3 is 2.38 bits per heavy atom. The van der Waals surface area contributed by atoms with Crippen LogP contribution in [0.2, 0.25) is 0 Å². The number of nitrogens with zero attached hydrogens (tertiary/aromatic N) is 4. The smallest absolute Gasteiger partial charge is 0.316 e. The van der Waals surface area contributed by atoms with Crippen LogP contribution in [-0.2, 0) is 10.0 Å². The fraction of sp³-hybridized carbons (Fsp3) is 0.429. The number of rotatable bonds is 9. The Labute approximate surface area is 246 Å². The first kappa shape index (κ1) is 28.7. The number of thioether (sulfide) groups is 1. The minimum Gasteiger partial charge on any atom is -0.486 e. The van der Waals surface area contributed by atoms with Crippen LogP contribution in [0.25, 0.3) is 5.69 Å². The molecule has 0 N–H and O–H groups in total. The van der Waals surface area contributed by atoms with Crippen LogP contribution in [-0.4, -0.2) is 73.6 Å². The van der Waals surface area contributed by atoms with Crippen LogP contribution in [0.1, 0.15) is 19.8 Å². The maximum absolute atomic E-state index is 13.9. The fourth-order valence-electron chi connectivity index (χ4n) is 4.78. The van der Waals surface area contributed by atoms with Crippen molar-refractivity contribution in [1.82, 2.24) is 14.1 Å². The molecule has 6 rings (SSSR count). The standard InChI is InChI=1S/C28H30F2N4O6S2/c1-28(4-5-28)17-40-26-23(16-31-34(27(26)35)21-13-19(29)12-20(30)14-21)32-6-8-33(9-7-32)42(36,37)18-41-22-2-3-24-25(15-22)39-11-10-38-24/h2-3,12-16H,4-11,17-18H2,1H3. The molecule has 0 radical (unpaired) electrons. The lowest BCUT2D eigenvalue weighted by molar-refractivity contribution is 0.171. The van der Waals surface area contributed by atoms with Crippen molar-refractivity contribution < 1.29 is 31.4 Å². The molecule has 0 unspecified atom stereocenters. The monoisotopic (exact) mass is 620 g/mol. The van der Waals surface area contributed by atoms with Crippen molar-refractivity contribution in [1.29, 1.82) is 0 Å². The minimum atomic E-state index is -3.59. The molecule has 10 nitrogen and oxygen atoms in total. The molecular formula is C28H30F2N4O6S2. The third kappa shape index (κ3) is 6.20. The van der Waals surface area contributed by atoms with Gasteiger partial charge in [0.25, 0.3) is 0 Å². The van der Waals surface area contributed by atoms with E-state index in [-0.39, 0.29) is 35.0 Å². The van der Waals surface area contributed by atoms with Gasteiger partial charge in [0.15, 0.2) is 11.5 Å². The predicted molar refractivity (Wildman–Crippen MR) is 153 cm³/mol. The number of sulfonamides is 1. The Bertz CT molecular complexity index is 1640. The molecular weight excluding hydrogens is 590 g/mol.